The number of ether oxygens (including phenoxy) is 1. The van der Waals surface area contributed by atoms with E-state index in [0.29, 0.717) is 22.8 Å². The number of alkyl halides is 3. The van der Waals surface area contributed by atoms with Gasteiger partial charge in [-0.05, 0) is 23.8 Å². The number of carbonyl (C=O) groups is 3. The molecule has 3 amide bonds. The third-order valence-corrected chi connectivity index (χ3v) is 6.05. The van der Waals surface area contributed by atoms with Crippen molar-refractivity contribution in [3.05, 3.63) is 65.2 Å². The minimum absolute atomic E-state index is 0. The molecular formula is C24H24ClF3N4O4. The molecule has 2 aromatic carbocycles. The van der Waals surface area contributed by atoms with Crippen LogP contribution < -0.4 is 10.6 Å². The van der Waals surface area contributed by atoms with E-state index in [1.54, 1.807) is 37.3 Å². The molecule has 0 saturated carbocycles. The summed E-state index contributed by atoms with van der Waals surface area (Å²) in [5.41, 5.74) is 2.19. The Hall–Kier alpha value is -3.46. The first kappa shape index (κ1) is 28.8. The normalized spacial score (nSPS) is 19.5. The molecule has 0 radical (unpaired) electrons. The highest BCUT2D eigenvalue weighted by atomic mass is 35.5. The molecule has 36 heavy (non-hydrogen) atoms. The number of hydrogen-bond donors (Lipinski definition) is 1. The highest BCUT2D eigenvalue weighted by Gasteiger charge is 2.58. The van der Waals surface area contributed by atoms with Gasteiger partial charge in [0.15, 0.2) is 5.54 Å². The fourth-order valence-corrected chi connectivity index (χ4v) is 3.87. The Morgan fingerprint density at radius 3 is 2.39 bits per heavy atom. The first-order chi connectivity index (χ1) is 16.5. The predicted octanol–water partition coefficient (Wildman–Crippen LogP) is 3.47. The van der Waals surface area contributed by atoms with Gasteiger partial charge in [0.1, 0.15) is 6.29 Å². The van der Waals surface area contributed by atoms with Gasteiger partial charge in [0.2, 0.25) is 0 Å². The maximum atomic E-state index is 13.8. The topological polar surface area (TPSA) is 117 Å². The minimum atomic E-state index is -4.87. The van der Waals surface area contributed by atoms with E-state index in [4.69, 9.17) is 15.7 Å². The molecule has 0 aromatic heterocycles. The predicted molar refractivity (Wildman–Crippen MR) is 126 cm³/mol. The Balaban J connectivity index is 0.00000456. The van der Waals surface area contributed by atoms with Crippen molar-refractivity contribution in [1.29, 1.82) is 5.26 Å². The van der Waals surface area contributed by atoms with Gasteiger partial charge in [-0.25, -0.2) is 9.69 Å². The van der Waals surface area contributed by atoms with Gasteiger partial charge in [-0.15, -0.1) is 12.4 Å². The molecule has 12 heteroatoms. The lowest BCUT2D eigenvalue weighted by atomic mass is 9.89. The smallest absolute Gasteiger partial charge is 0.378 e. The van der Waals surface area contributed by atoms with Crippen LogP contribution in [0, 0.1) is 17.2 Å². The standard InChI is InChI=1S/C24H23F3N4O4.ClH/c1-15(20(29)12-32)13-35-14-23(17-6-4-3-5-7-17)21(33)31(22(34)30(23)2)18-9-8-16(11-28)19(10-18)24(25,26)27;/h3-10,12,15,20H,13-14,29H2,1-2H3;1H. The summed E-state index contributed by atoms with van der Waals surface area (Å²) in [4.78, 5) is 39.7. The second kappa shape index (κ2) is 11.1. The number of carbonyl (C=O) groups excluding carboxylic acids is 3. The van der Waals surface area contributed by atoms with Crippen LogP contribution in [-0.2, 0) is 26.0 Å². The number of nitrogens with zero attached hydrogens (tertiary/aromatic N) is 3. The Labute approximate surface area is 211 Å². The molecule has 1 heterocycles. The van der Waals surface area contributed by atoms with Crippen molar-refractivity contribution in [2.24, 2.45) is 11.7 Å². The van der Waals surface area contributed by atoms with E-state index < -0.39 is 40.8 Å². The van der Waals surface area contributed by atoms with Crippen LogP contribution in [0.3, 0.4) is 0 Å². The van der Waals surface area contributed by atoms with Gasteiger partial charge in [0.05, 0.1) is 42.1 Å². The summed E-state index contributed by atoms with van der Waals surface area (Å²) < 4.78 is 46.3. The zero-order valence-electron chi connectivity index (χ0n) is 19.4. The number of imide groups is 1. The van der Waals surface area contributed by atoms with Gasteiger partial charge < -0.3 is 20.2 Å². The molecule has 0 bridgehead atoms. The molecule has 0 aliphatic carbocycles. The average Bonchev–Trinajstić information content (AvgIpc) is 3.03. The van der Waals surface area contributed by atoms with Gasteiger partial charge in [-0.1, -0.05) is 37.3 Å². The van der Waals surface area contributed by atoms with Crippen LogP contribution in [0.5, 0.6) is 0 Å². The van der Waals surface area contributed by atoms with Gasteiger partial charge in [-0.3, -0.25) is 4.79 Å². The van der Waals surface area contributed by atoms with E-state index in [1.807, 2.05) is 0 Å². The number of nitrogens with two attached hydrogens (primary N) is 1. The fourth-order valence-electron chi connectivity index (χ4n) is 3.87. The number of hydrogen-bond acceptors (Lipinski definition) is 6. The maximum Gasteiger partial charge on any atom is 0.417 e. The quantitative estimate of drug-likeness (QED) is 0.417. The molecule has 3 rings (SSSR count). The van der Waals surface area contributed by atoms with E-state index >= 15 is 0 Å². The van der Waals surface area contributed by atoms with Crippen molar-refractivity contribution in [2.45, 2.75) is 24.7 Å². The number of benzene rings is 2. The SMILES string of the molecule is CC(COCC1(c2ccccc2)C(=O)N(c2ccc(C#N)c(C(F)(F)F)c2)C(=O)N1C)C(N)C=O.Cl. The van der Waals surface area contributed by atoms with Crippen molar-refractivity contribution in [1.82, 2.24) is 4.90 Å². The summed E-state index contributed by atoms with van der Waals surface area (Å²) in [5, 5.41) is 9.06. The maximum absolute atomic E-state index is 13.8. The number of anilines is 1. The van der Waals surface area contributed by atoms with Crippen LogP contribution in [0.2, 0.25) is 0 Å². The number of aldehydes is 1. The lowest BCUT2D eigenvalue weighted by Crippen LogP contribution is -2.49. The summed E-state index contributed by atoms with van der Waals surface area (Å²) >= 11 is 0. The molecule has 2 N–H and O–H groups in total. The van der Waals surface area contributed by atoms with Crippen LogP contribution in [0.4, 0.5) is 23.7 Å². The Kier molecular flexibility index (Phi) is 8.85. The molecule has 1 saturated heterocycles. The molecule has 3 unspecified atom stereocenters. The summed E-state index contributed by atoms with van der Waals surface area (Å²) in [7, 11) is 1.35. The minimum Gasteiger partial charge on any atom is -0.378 e. The van der Waals surface area contributed by atoms with Crippen molar-refractivity contribution in [3.8, 4) is 6.07 Å². The zero-order chi connectivity index (χ0) is 26.0. The summed E-state index contributed by atoms with van der Waals surface area (Å²) in [6.45, 7) is 1.35. The first-order valence-corrected chi connectivity index (χ1v) is 10.6. The number of amides is 3. The second-order valence-corrected chi connectivity index (χ2v) is 8.25. The first-order valence-electron chi connectivity index (χ1n) is 10.6. The van der Waals surface area contributed by atoms with Crippen LogP contribution in [-0.4, -0.2) is 49.4 Å². The Bertz CT molecular complexity index is 1170. The number of urea groups is 1. The van der Waals surface area contributed by atoms with Crippen LogP contribution in [0.1, 0.15) is 23.6 Å². The number of nitriles is 1. The van der Waals surface area contributed by atoms with E-state index in [2.05, 4.69) is 0 Å². The highest BCUT2D eigenvalue weighted by molar-refractivity contribution is 6.23. The summed E-state index contributed by atoms with van der Waals surface area (Å²) in [5.74, 6) is -1.21. The number of likely N-dealkylation sites (N-methyl/N-ethyl adjacent to an activating group) is 1. The molecule has 3 atom stereocenters. The number of rotatable bonds is 8. The Morgan fingerprint density at radius 2 is 1.83 bits per heavy atom. The van der Waals surface area contributed by atoms with Crippen LogP contribution in [0.25, 0.3) is 0 Å². The van der Waals surface area contributed by atoms with Crippen LogP contribution >= 0.6 is 12.4 Å². The van der Waals surface area contributed by atoms with E-state index in [1.165, 1.54) is 13.1 Å². The summed E-state index contributed by atoms with van der Waals surface area (Å²) in [6, 6.07) is 10.7. The molecule has 1 aliphatic heterocycles. The van der Waals surface area contributed by atoms with Gasteiger partial charge in [-0.2, -0.15) is 18.4 Å². The molecule has 192 valence electrons. The molecule has 1 aliphatic rings. The van der Waals surface area contributed by atoms with E-state index in [-0.39, 0.29) is 37.2 Å². The highest BCUT2D eigenvalue weighted by Crippen LogP contribution is 2.41. The van der Waals surface area contributed by atoms with E-state index in [9.17, 15) is 27.6 Å². The van der Waals surface area contributed by atoms with Crippen molar-refractivity contribution >= 4 is 36.3 Å². The largest absolute Gasteiger partial charge is 0.417 e. The van der Waals surface area contributed by atoms with Crippen molar-refractivity contribution < 1.29 is 32.3 Å². The van der Waals surface area contributed by atoms with Crippen molar-refractivity contribution in [2.75, 3.05) is 25.2 Å². The lowest BCUT2D eigenvalue weighted by Gasteiger charge is -2.33. The van der Waals surface area contributed by atoms with Crippen LogP contribution in [0.15, 0.2) is 48.5 Å². The molecule has 0 spiro atoms. The van der Waals surface area contributed by atoms with E-state index in [0.717, 1.165) is 17.0 Å². The third-order valence-electron chi connectivity index (χ3n) is 6.05. The third kappa shape index (κ3) is 5.06. The molecule has 2 aromatic rings. The zero-order valence-corrected chi connectivity index (χ0v) is 20.2. The molecular weight excluding hydrogens is 501 g/mol. The fraction of sp³-hybridized carbons (Fsp3) is 0.333. The van der Waals surface area contributed by atoms with Gasteiger partial charge >= 0.3 is 12.2 Å². The Morgan fingerprint density at radius 1 is 1.19 bits per heavy atom. The lowest BCUT2D eigenvalue weighted by molar-refractivity contribution is -0.138. The summed E-state index contributed by atoms with van der Waals surface area (Å²) in [6.07, 6.45) is -4.30. The second-order valence-electron chi connectivity index (χ2n) is 8.25. The van der Waals surface area contributed by atoms with Crippen molar-refractivity contribution in [3.63, 3.8) is 0 Å². The average molecular weight is 525 g/mol. The number of halogens is 4. The van der Waals surface area contributed by atoms with Gasteiger partial charge in [0.25, 0.3) is 5.91 Å². The van der Waals surface area contributed by atoms with Gasteiger partial charge in [0, 0.05) is 13.0 Å². The monoisotopic (exact) mass is 524 g/mol. The molecule has 8 nitrogen and oxygen atoms in total. The molecule has 1 fully saturated rings.